The molecule has 0 radical (unpaired) electrons. The molecule has 2 atom stereocenters. The first-order chi connectivity index (χ1) is 9.19. The maximum atomic E-state index is 10.1. The summed E-state index contributed by atoms with van der Waals surface area (Å²) in [6.07, 6.45) is 5.18. The molecular formula is C11H18N2O6. The van der Waals surface area contributed by atoms with E-state index in [0.717, 1.165) is 6.42 Å². The number of carbonyl (C=O) groups excluding carboxylic acids is 2. The molecule has 0 fully saturated rings. The first kappa shape index (κ1) is 19.2. The molecule has 0 aliphatic rings. The number of hydrogen-bond donors (Lipinski definition) is 0. The molecule has 0 amide bonds. The Labute approximate surface area is 111 Å². The third-order valence-electron chi connectivity index (χ3n) is 1.83. The van der Waals surface area contributed by atoms with Crippen molar-refractivity contribution in [3.63, 3.8) is 0 Å². The Morgan fingerprint density at radius 2 is 1.47 bits per heavy atom. The molecule has 0 aromatic heterocycles. The van der Waals surface area contributed by atoms with Crippen LogP contribution in [0.2, 0.25) is 0 Å². The molecular weight excluding hydrogens is 256 g/mol. The van der Waals surface area contributed by atoms with Crippen molar-refractivity contribution in [2.24, 2.45) is 10.7 Å². The summed E-state index contributed by atoms with van der Waals surface area (Å²) in [5.41, 5.74) is 0. The zero-order valence-electron chi connectivity index (χ0n) is 10.9. The minimum atomic E-state index is -0.727. The summed E-state index contributed by atoms with van der Waals surface area (Å²) >= 11 is 0. The SMILES string of the molecule is CC/C=C\CC(C=O)ON=O.CCC(C=O)ON=O. The van der Waals surface area contributed by atoms with E-state index in [0.29, 0.717) is 25.4 Å². The van der Waals surface area contributed by atoms with Crippen LogP contribution in [0.4, 0.5) is 0 Å². The van der Waals surface area contributed by atoms with Crippen LogP contribution in [-0.2, 0) is 19.3 Å². The van der Waals surface area contributed by atoms with Gasteiger partial charge in [-0.2, -0.15) is 0 Å². The first-order valence-corrected chi connectivity index (χ1v) is 5.72. The minimum Gasteiger partial charge on any atom is -0.353 e. The van der Waals surface area contributed by atoms with Gasteiger partial charge in [-0.25, -0.2) is 0 Å². The normalized spacial score (nSPS) is 12.5. The van der Waals surface area contributed by atoms with Crippen molar-refractivity contribution in [2.75, 3.05) is 0 Å². The second-order valence-corrected chi connectivity index (χ2v) is 3.23. The Hall–Kier alpha value is -2.12. The highest BCUT2D eigenvalue weighted by Crippen LogP contribution is 1.97. The fourth-order valence-corrected chi connectivity index (χ4v) is 0.827. The lowest BCUT2D eigenvalue weighted by atomic mass is 10.2. The molecule has 0 bridgehead atoms. The van der Waals surface area contributed by atoms with Crippen molar-refractivity contribution in [3.8, 4) is 0 Å². The highest BCUT2D eigenvalue weighted by molar-refractivity contribution is 5.56. The second-order valence-electron chi connectivity index (χ2n) is 3.23. The lowest BCUT2D eigenvalue weighted by Gasteiger charge is -1.99. The molecule has 0 aliphatic heterocycles. The van der Waals surface area contributed by atoms with Crippen LogP contribution >= 0.6 is 0 Å². The van der Waals surface area contributed by atoms with Crippen LogP contribution in [-0.4, -0.2) is 24.8 Å². The van der Waals surface area contributed by atoms with Crippen LogP contribution in [0, 0.1) is 9.81 Å². The number of nitrogens with zero attached hydrogens (tertiary/aromatic N) is 2. The van der Waals surface area contributed by atoms with Gasteiger partial charge in [0, 0.05) is 6.42 Å². The van der Waals surface area contributed by atoms with E-state index in [9.17, 15) is 19.4 Å². The third-order valence-corrected chi connectivity index (χ3v) is 1.83. The van der Waals surface area contributed by atoms with Gasteiger partial charge in [-0.05, 0) is 12.8 Å². The topological polar surface area (TPSA) is 111 Å². The molecule has 0 saturated heterocycles. The Balaban J connectivity index is 0. The summed E-state index contributed by atoms with van der Waals surface area (Å²) in [4.78, 5) is 47.0. The number of aldehydes is 2. The van der Waals surface area contributed by atoms with E-state index in [1.807, 2.05) is 13.0 Å². The lowest BCUT2D eigenvalue weighted by molar-refractivity contribution is -0.118. The zero-order chi connectivity index (χ0) is 14.9. The molecule has 0 heterocycles. The van der Waals surface area contributed by atoms with Gasteiger partial charge in [-0.3, -0.25) is 9.59 Å². The highest BCUT2D eigenvalue weighted by Gasteiger charge is 2.04. The van der Waals surface area contributed by atoms with E-state index in [-0.39, 0.29) is 0 Å². The molecule has 0 spiro atoms. The summed E-state index contributed by atoms with van der Waals surface area (Å²) in [6.45, 7) is 3.70. The summed E-state index contributed by atoms with van der Waals surface area (Å²) in [5.74, 6) is 0. The standard InChI is InChI=1S/C7H11NO3.C4H7NO3/c1-2-3-4-5-7(6-9)11-8-10;1-2-4(3-6)8-5-7/h3-4,6-7H,2,5H2,1H3;3-4H,2H2,1H3/b4-3-;. The van der Waals surface area contributed by atoms with E-state index in [1.165, 1.54) is 0 Å². The summed E-state index contributed by atoms with van der Waals surface area (Å²) in [7, 11) is 0. The van der Waals surface area contributed by atoms with E-state index in [4.69, 9.17) is 0 Å². The molecule has 0 saturated carbocycles. The minimum absolute atomic E-state index is 0.406. The smallest absolute Gasteiger partial charge is 0.189 e. The van der Waals surface area contributed by atoms with Gasteiger partial charge in [-0.1, -0.05) is 26.0 Å². The second kappa shape index (κ2) is 15.9. The largest absolute Gasteiger partial charge is 0.353 e. The van der Waals surface area contributed by atoms with Gasteiger partial charge in [0.05, 0.1) is 0 Å². The van der Waals surface area contributed by atoms with Gasteiger partial charge in [-0.15, -0.1) is 9.81 Å². The third kappa shape index (κ3) is 13.8. The highest BCUT2D eigenvalue weighted by atomic mass is 16.7. The van der Waals surface area contributed by atoms with Crippen LogP contribution in [0.25, 0.3) is 0 Å². The Bertz CT molecular complexity index is 282. The average molecular weight is 274 g/mol. The van der Waals surface area contributed by atoms with Crippen molar-refractivity contribution in [3.05, 3.63) is 22.0 Å². The first-order valence-electron chi connectivity index (χ1n) is 5.72. The van der Waals surface area contributed by atoms with Crippen LogP contribution in [0.3, 0.4) is 0 Å². The number of rotatable bonds is 10. The van der Waals surface area contributed by atoms with E-state index >= 15 is 0 Å². The molecule has 8 heteroatoms. The fraction of sp³-hybridized carbons (Fsp3) is 0.636. The fourth-order valence-electron chi connectivity index (χ4n) is 0.827. The Morgan fingerprint density at radius 3 is 1.79 bits per heavy atom. The van der Waals surface area contributed by atoms with Gasteiger partial charge in [0.1, 0.15) is 0 Å². The Morgan fingerprint density at radius 1 is 0.947 bits per heavy atom. The summed E-state index contributed by atoms with van der Waals surface area (Å²) < 4.78 is 0. The van der Waals surface area contributed by atoms with Crippen LogP contribution < -0.4 is 0 Å². The quantitative estimate of drug-likeness (QED) is 0.261. The molecule has 8 nitrogen and oxygen atoms in total. The van der Waals surface area contributed by atoms with Gasteiger partial charge in [0.25, 0.3) is 0 Å². The van der Waals surface area contributed by atoms with Gasteiger partial charge >= 0.3 is 0 Å². The van der Waals surface area contributed by atoms with Crippen molar-refractivity contribution < 1.29 is 19.3 Å². The van der Waals surface area contributed by atoms with E-state index < -0.39 is 12.2 Å². The predicted octanol–water partition coefficient (Wildman–Crippen LogP) is 2.27. The predicted molar refractivity (Wildman–Crippen MR) is 67.8 cm³/mol. The number of carbonyl (C=O) groups is 2. The van der Waals surface area contributed by atoms with Crippen LogP contribution in [0.15, 0.2) is 22.8 Å². The molecule has 2 unspecified atom stereocenters. The zero-order valence-corrected chi connectivity index (χ0v) is 10.9. The average Bonchev–Trinajstić information content (AvgIpc) is 2.44. The van der Waals surface area contributed by atoms with Gasteiger partial charge in [0.2, 0.25) is 0 Å². The molecule has 19 heavy (non-hydrogen) atoms. The summed E-state index contributed by atoms with van der Waals surface area (Å²) in [5, 5.41) is 4.27. The van der Waals surface area contributed by atoms with Crippen molar-refractivity contribution in [2.45, 2.75) is 45.3 Å². The number of allylic oxidation sites excluding steroid dienone is 1. The summed E-state index contributed by atoms with van der Waals surface area (Å²) in [6, 6.07) is 0. The maximum absolute atomic E-state index is 10.1. The van der Waals surface area contributed by atoms with Crippen LogP contribution in [0.5, 0.6) is 0 Å². The molecule has 0 N–H and O–H groups in total. The van der Waals surface area contributed by atoms with Crippen molar-refractivity contribution in [1.29, 1.82) is 0 Å². The van der Waals surface area contributed by atoms with E-state index in [2.05, 4.69) is 20.4 Å². The monoisotopic (exact) mass is 274 g/mol. The molecule has 0 aromatic carbocycles. The van der Waals surface area contributed by atoms with Crippen molar-refractivity contribution in [1.82, 2.24) is 0 Å². The van der Waals surface area contributed by atoms with Crippen LogP contribution in [0.1, 0.15) is 33.1 Å². The van der Waals surface area contributed by atoms with E-state index in [1.54, 1.807) is 13.0 Å². The molecule has 0 aromatic rings. The van der Waals surface area contributed by atoms with Crippen molar-refractivity contribution >= 4 is 12.6 Å². The molecule has 0 rings (SSSR count). The Kier molecular flexibility index (Phi) is 16.1. The number of hydrogen-bond acceptors (Lipinski definition) is 8. The molecule has 108 valence electrons. The molecule has 0 aliphatic carbocycles. The van der Waals surface area contributed by atoms with Gasteiger partial charge in [0.15, 0.2) is 35.5 Å². The maximum Gasteiger partial charge on any atom is 0.189 e. The van der Waals surface area contributed by atoms with Gasteiger partial charge < -0.3 is 9.68 Å². The lowest BCUT2D eigenvalue weighted by Crippen LogP contribution is -2.09.